The third-order valence-electron chi connectivity index (χ3n) is 13.6. The normalized spacial score (nSPS) is 14.9. The van der Waals surface area contributed by atoms with Crippen molar-refractivity contribution in [2.24, 2.45) is 0 Å². The lowest BCUT2D eigenvalue weighted by Gasteiger charge is -2.56. The molecule has 0 N–H and O–H groups in total. The number of nitrogens with zero attached hydrogens (tertiary/aromatic N) is 4. The highest BCUT2D eigenvalue weighted by Crippen LogP contribution is 2.55. The third-order valence-corrected chi connectivity index (χ3v) is 13.6. The van der Waals surface area contributed by atoms with Crippen molar-refractivity contribution in [1.29, 1.82) is 0 Å². The van der Waals surface area contributed by atoms with E-state index in [0.29, 0.717) is 0 Å². The first kappa shape index (κ1) is 30.4. The molecule has 0 bridgehead atoms. The van der Waals surface area contributed by atoms with Gasteiger partial charge in [0.05, 0.1) is 0 Å². The number of rotatable bonds is 2. The predicted octanol–water partition coefficient (Wildman–Crippen LogP) is 7.19. The smallest absolute Gasteiger partial charge is 0.333 e. The summed E-state index contributed by atoms with van der Waals surface area (Å²) >= 11 is 0. The van der Waals surface area contributed by atoms with Crippen LogP contribution >= 0.6 is 0 Å². The molecule has 0 unspecified atom stereocenters. The molecule has 4 nitrogen and oxygen atoms in total. The first-order valence-electron chi connectivity index (χ1n) is 20.2. The molecule has 57 heavy (non-hydrogen) atoms. The van der Waals surface area contributed by atoms with E-state index in [1.54, 1.807) is 0 Å². The monoisotopic (exact) mass is 722 g/mol. The van der Waals surface area contributed by atoms with E-state index in [9.17, 15) is 0 Å². The molecule has 0 aliphatic carbocycles. The molecule has 14 rings (SSSR count). The Morgan fingerprint density at radius 2 is 0.772 bits per heavy atom. The number of hydrogen-bond donors (Lipinski definition) is 0. The van der Waals surface area contributed by atoms with Crippen molar-refractivity contribution in [3.8, 4) is 11.1 Å². The minimum Gasteiger partial charge on any atom is -0.376 e. The van der Waals surface area contributed by atoms with Crippen LogP contribution in [0.4, 0.5) is 56.9 Å². The summed E-state index contributed by atoms with van der Waals surface area (Å²) in [5.41, 5.74) is 27.8. The fourth-order valence-corrected chi connectivity index (χ4v) is 11.7. The van der Waals surface area contributed by atoms with Gasteiger partial charge in [-0.25, -0.2) is 0 Å². The zero-order chi connectivity index (χ0) is 37.3. The molecule has 262 valence electrons. The average Bonchev–Trinajstić information content (AvgIpc) is 3.26. The Bertz CT molecular complexity index is 2910. The standard InChI is InChI=1S/C50H33B3N4/c1-30-24-26-40-36(28-30)51-37-29-31(2)25-27-41(37)55-39-21-12-10-19-35(39)53-47-45-44-42(22-13-23-43(44)57(53)33-16-7-4-8-17-33)56(32-14-5-3-6-15-32)52-34-18-9-11-20-38(34)54(40)49(46(45)52)48(51)50(47)55/h3-29H,1-2H3. The maximum Gasteiger partial charge on any atom is 0.333 e. The number of fused-ring (bicyclic) bond motifs is 12. The lowest BCUT2D eigenvalue weighted by atomic mass is 9.28. The van der Waals surface area contributed by atoms with Crippen molar-refractivity contribution >= 4 is 116 Å². The Kier molecular flexibility index (Phi) is 5.60. The maximum absolute atomic E-state index is 2.66. The van der Waals surface area contributed by atoms with Gasteiger partial charge in [0.1, 0.15) is 0 Å². The highest BCUT2D eigenvalue weighted by Gasteiger charge is 2.58. The summed E-state index contributed by atoms with van der Waals surface area (Å²) in [5.74, 6) is 0. The van der Waals surface area contributed by atoms with Gasteiger partial charge in [0.25, 0.3) is 6.71 Å². The van der Waals surface area contributed by atoms with Crippen LogP contribution in [0.25, 0.3) is 11.1 Å². The second kappa shape index (κ2) is 10.5. The van der Waals surface area contributed by atoms with Crippen LogP contribution in [0.1, 0.15) is 11.1 Å². The molecule has 0 fully saturated rings. The summed E-state index contributed by atoms with van der Waals surface area (Å²) in [6.07, 6.45) is 0. The highest BCUT2D eigenvalue weighted by molar-refractivity contribution is 7.05. The molecule has 6 aliphatic rings. The van der Waals surface area contributed by atoms with E-state index < -0.39 is 0 Å². The van der Waals surface area contributed by atoms with Gasteiger partial charge in [0.15, 0.2) is 0 Å². The highest BCUT2D eigenvalue weighted by atomic mass is 15.2. The molecule has 8 aromatic rings. The number of anilines is 10. The van der Waals surface area contributed by atoms with Crippen LogP contribution in [0, 0.1) is 13.8 Å². The molecule has 0 saturated heterocycles. The van der Waals surface area contributed by atoms with E-state index in [1.165, 1.54) is 117 Å². The van der Waals surface area contributed by atoms with Crippen molar-refractivity contribution in [3.05, 3.63) is 175 Å². The first-order valence-corrected chi connectivity index (χ1v) is 20.2. The molecule has 0 amide bonds. The van der Waals surface area contributed by atoms with Gasteiger partial charge in [-0.05, 0) is 118 Å². The quantitative estimate of drug-likeness (QED) is 0.175. The van der Waals surface area contributed by atoms with Gasteiger partial charge in [0, 0.05) is 62.4 Å². The van der Waals surface area contributed by atoms with Gasteiger partial charge >= 0.3 is 13.7 Å². The van der Waals surface area contributed by atoms with Crippen LogP contribution in [0.5, 0.6) is 0 Å². The Morgan fingerprint density at radius 3 is 1.26 bits per heavy atom. The van der Waals surface area contributed by atoms with E-state index in [0.717, 1.165) is 0 Å². The fraction of sp³-hybridized carbons (Fsp3) is 0.0400. The number of para-hydroxylation sites is 4. The molecule has 0 radical (unpaired) electrons. The van der Waals surface area contributed by atoms with E-state index >= 15 is 0 Å². The minimum atomic E-state index is -0.0322. The number of aryl methyl sites for hydroxylation is 2. The first-order chi connectivity index (χ1) is 28.2. The fourth-order valence-electron chi connectivity index (χ4n) is 11.7. The van der Waals surface area contributed by atoms with Crippen molar-refractivity contribution in [2.45, 2.75) is 13.8 Å². The largest absolute Gasteiger partial charge is 0.376 e. The van der Waals surface area contributed by atoms with Crippen LogP contribution in [-0.2, 0) is 0 Å². The molecular formula is C50H33B3N4. The topological polar surface area (TPSA) is 13.0 Å². The van der Waals surface area contributed by atoms with Crippen LogP contribution in [0.3, 0.4) is 0 Å². The molecule has 0 saturated carbocycles. The summed E-state index contributed by atoms with van der Waals surface area (Å²) in [7, 11) is 0. The van der Waals surface area contributed by atoms with Crippen LogP contribution in [0.15, 0.2) is 164 Å². The van der Waals surface area contributed by atoms with E-state index in [4.69, 9.17) is 0 Å². The summed E-state index contributed by atoms with van der Waals surface area (Å²) in [5, 5.41) is 0. The zero-order valence-electron chi connectivity index (χ0n) is 31.6. The van der Waals surface area contributed by atoms with Gasteiger partial charge in [-0.1, -0.05) is 114 Å². The Hall–Kier alpha value is -6.85. The van der Waals surface area contributed by atoms with Crippen molar-refractivity contribution in [2.75, 3.05) is 19.4 Å². The van der Waals surface area contributed by atoms with Crippen LogP contribution in [0.2, 0.25) is 0 Å². The van der Waals surface area contributed by atoms with Crippen molar-refractivity contribution in [1.82, 2.24) is 0 Å². The van der Waals surface area contributed by atoms with Crippen molar-refractivity contribution in [3.63, 3.8) is 0 Å². The Morgan fingerprint density at radius 1 is 0.351 bits per heavy atom. The molecule has 7 heteroatoms. The molecule has 0 spiro atoms. The molecular weight excluding hydrogens is 689 g/mol. The van der Waals surface area contributed by atoms with Gasteiger partial charge in [-0.2, -0.15) is 0 Å². The zero-order valence-corrected chi connectivity index (χ0v) is 31.6. The second-order valence-electron chi connectivity index (χ2n) is 16.5. The summed E-state index contributed by atoms with van der Waals surface area (Å²) in [6.45, 7) is 4.51. The predicted molar refractivity (Wildman–Crippen MR) is 243 cm³/mol. The Balaban J connectivity index is 1.25. The third kappa shape index (κ3) is 3.56. The lowest BCUT2D eigenvalue weighted by molar-refractivity contribution is 1.23. The molecule has 6 heterocycles. The molecule has 0 aromatic heterocycles. The van der Waals surface area contributed by atoms with Crippen LogP contribution in [-0.4, -0.2) is 20.4 Å². The molecule has 6 aliphatic heterocycles. The number of hydrogen-bond acceptors (Lipinski definition) is 4. The van der Waals surface area contributed by atoms with Crippen LogP contribution < -0.4 is 57.7 Å². The summed E-state index contributed by atoms with van der Waals surface area (Å²) < 4.78 is 0. The van der Waals surface area contributed by atoms with E-state index in [1.807, 2.05) is 0 Å². The summed E-state index contributed by atoms with van der Waals surface area (Å²) in [4.78, 5) is 10.6. The number of benzene rings is 8. The second-order valence-corrected chi connectivity index (χ2v) is 16.5. The van der Waals surface area contributed by atoms with Gasteiger partial charge in [-0.3, -0.25) is 0 Å². The van der Waals surface area contributed by atoms with E-state index in [-0.39, 0.29) is 20.4 Å². The maximum atomic E-state index is 2.66. The summed E-state index contributed by atoms with van der Waals surface area (Å²) in [6, 6.07) is 62.1. The van der Waals surface area contributed by atoms with Crippen molar-refractivity contribution < 1.29 is 0 Å². The lowest BCUT2D eigenvalue weighted by Crippen LogP contribution is -2.74. The van der Waals surface area contributed by atoms with Gasteiger partial charge in [-0.15, -0.1) is 0 Å². The average molecular weight is 722 g/mol. The molecule has 8 aromatic carbocycles. The Labute approximate surface area is 333 Å². The van der Waals surface area contributed by atoms with E-state index in [2.05, 4.69) is 197 Å². The minimum absolute atomic E-state index is 0.0322. The van der Waals surface area contributed by atoms with Gasteiger partial charge < -0.3 is 19.4 Å². The SMILES string of the molecule is Cc1ccc2c(c1)B1c3cc(C)ccc3N3c4ccccc4B4c5c6c7c(c1c53)N2c1ccccc1B7N(c1ccccc1)c1cccc(c1-6)N4c1ccccc1. The van der Waals surface area contributed by atoms with Gasteiger partial charge in [0.2, 0.25) is 0 Å². The molecule has 0 atom stereocenters.